The highest BCUT2D eigenvalue weighted by atomic mass is 32.2. The number of hydrogen-bond acceptors (Lipinski definition) is 5. The van der Waals surface area contributed by atoms with E-state index < -0.39 is 33.3 Å². The number of rotatable bonds is 5. The van der Waals surface area contributed by atoms with Crippen molar-refractivity contribution >= 4 is 16.1 Å². The molecule has 9 heteroatoms. The number of alkyl halides is 3. The number of hydrogen-bond donors (Lipinski definition) is 0. The molecule has 106 valence electrons. The summed E-state index contributed by atoms with van der Waals surface area (Å²) in [6.45, 7) is 4.24. The molecule has 0 saturated heterocycles. The highest BCUT2D eigenvalue weighted by molar-refractivity contribution is 7.87. The van der Waals surface area contributed by atoms with Crippen molar-refractivity contribution in [2.75, 3.05) is 6.61 Å². The molecule has 0 atom stereocenters. The average molecular weight is 290 g/mol. The van der Waals surface area contributed by atoms with Gasteiger partial charge in [0.15, 0.2) is 0 Å². The highest BCUT2D eigenvalue weighted by Crippen LogP contribution is 2.28. The lowest BCUT2D eigenvalue weighted by Gasteiger charge is -2.14. The van der Waals surface area contributed by atoms with Gasteiger partial charge in [0.2, 0.25) is 0 Å². The Morgan fingerprint density at radius 3 is 2.17 bits per heavy atom. The second-order valence-corrected chi connectivity index (χ2v) is 4.97. The van der Waals surface area contributed by atoms with Crippen LogP contribution in [0.2, 0.25) is 0 Å². The fourth-order valence-corrected chi connectivity index (χ4v) is 1.35. The topological polar surface area (TPSA) is 69.7 Å². The van der Waals surface area contributed by atoms with Crippen molar-refractivity contribution in [1.82, 2.24) is 0 Å². The van der Waals surface area contributed by atoms with Crippen LogP contribution >= 0.6 is 0 Å². The van der Waals surface area contributed by atoms with Gasteiger partial charge in [-0.2, -0.15) is 21.6 Å². The number of halogens is 3. The summed E-state index contributed by atoms with van der Waals surface area (Å²) in [5.74, 6) is -2.34. The van der Waals surface area contributed by atoms with Gasteiger partial charge >= 0.3 is 21.6 Å². The number of esters is 1. The maximum absolute atomic E-state index is 12.1. The van der Waals surface area contributed by atoms with Gasteiger partial charge in [-0.1, -0.05) is 13.8 Å². The van der Waals surface area contributed by atoms with E-state index in [1.54, 1.807) is 0 Å². The summed E-state index contributed by atoms with van der Waals surface area (Å²) < 4.78 is 66.1. The van der Waals surface area contributed by atoms with Gasteiger partial charge in [0, 0.05) is 5.92 Å². The van der Waals surface area contributed by atoms with Crippen molar-refractivity contribution in [2.24, 2.45) is 5.92 Å². The lowest BCUT2D eigenvalue weighted by Crippen LogP contribution is -2.26. The number of carbonyl (C=O) groups is 1. The van der Waals surface area contributed by atoms with Gasteiger partial charge in [0.25, 0.3) is 0 Å². The van der Waals surface area contributed by atoms with Crippen LogP contribution in [0.1, 0.15) is 20.8 Å². The quantitative estimate of drug-likeness (QED) is 0.254. The van der Waals surface area contributed by atoms with Crippen molar-refractivity contribution in [2.45, 2.75) is 26.3 Å². The first-order valence-electron chi connectivity index (χ1n) is 4.90. The van der Waals surface area contributed by atoms with E-state index in [0.29, 0.717) is 6.08 Å². The predicted molar refractivity (Wildman–Crippen MR) is 55.6 cm³/mol. The first-order chi connectivity index (χ1) is 8.01. The zero-order chi connectivity index (χ0) is 14.6. The molecule has 0 bridgehead atoms. The standard InChI is InChI=1S/C9H13F3O5S/c1-4-16-8(13)5-7(6(2)3)17-18(14,15)9(10,11)12/h5-6H,4H2,1-3H3/b7-5-. The molecule has 0 amide bonds. The molecule has 0 aliphatic rings. The van der Waals surface area contributed by atoms with Crippen molar-refractivity contribution in [3.63, 3.8) is 0 Å². The normalized spacial score (nSPS) is 13.6. The summed E-state index contributed by atoms with van der Waals surface area (Å²) >= 11 is 0. The van der Waals surface area contributed by atoms with Crippen molar-refractivity contribution in [3.05, 3.63) is 11.8 Å². The van der Waals surface area contributed by atoms with Gasteiger partial charge in [0.1, 0.15) is 5.76 Å². The lowest BCUT2D eigenvalue weighted by atomic mass is 10.2. The first-order valence-corrected chi connectivity index (χ1v) is 6.31. The molecule has 0 aromatic rings. The first kappa shape index (κ1) is 16.8. The average Bonchev–Trinajstić information content (AvgIpc) is 2.14. The largest absolute Gasteiger partial charge is 0.534 e. The summed E-state index contributed by atoms with van der Waals surface area (Å²) in [5.41, 5.74) is -5.55. The predicted octanol–water partition coefficient (Wildman–Crippen LogP) is 1.96. The Morgan fingerprint density at radius 2 is 1.83 bits per heavy atom. The van der Waals surface area contributed by atoms with E-state index >= 15 is 0 Å². The van der Waals surface area contributed by atoms with E-state index in [-0.39, 0.29) is 6.61 Å². The molecule has 0 aliphatic heterocycles. The fraction of sp³-hybridized carbons (Fsp3) is 0.667. The van der Waals surface area contributed by atoms with Crippen LogP contribution in [0.25, 0.3) is 0 Å². The molecule has 0 aromatic heterocycles. The number of allylic oxidation sites excluding steroid dienone is 1. The zero-order valence-corrected chi connectivity index (χ0v) is 10.8. The molecule has 5 nitrogen and oxygen atoms in total. The Kier molecular flexibility index (Phi) is 5.65. The van der Waals surface area contributed by atoms with E-state index in [1.807, 2.05) is 0 Å². The summed E-state index contributed by atoms with van der Waals surface area (Å²) in [4.78, 5) is 11.0. The van der Waals surface area contributed by atoms with Crippen LogP contribution in [0.15, 0.2) is 11.8 Å². The fourth-order valence-electron chi connectivity index (χ4n) is 0.761. The summed E-state index contributed by atoms with van der Waals surface area (Å²) in [6.07, 6.45) is 0.581. The Hall–Kier alpha value is -1.25. The maximum Gasteiger partial charge on any atom is 0.534 e. The Labute approximate surface area is 103 Å². The van der Waals surface area contributed by atoms with Crippen LogP contribution in [-0.4, -0.2) is 26.5 Å². The van der Waals surface area contributed by atoms with Gasteiger partial charge in [-0.15, -0.1) is 0 Å². The van der Waals surface area contributed by atoms with Crippen LogP contribution in [0, 0.1) is 5.92 Å². The second kappa shape index (κ2) is 6.07. The van der Waals surface area contributed by atoms with Gasteiger partial charge in [-0.05, 0) is 6.92 Å². The molecule has 0 radical (unpaired) electrons. The van der Waals surface area contributed by atoms with Crippen molar-refractivity contribution < 1.29 is 35.3 Å². The lowest BCUT2D eigenvalue weighted by molar-refractivity contribution is -0.137. The van der Waals surface area contributed by atoms with Crippen LogP contribution in [-0.2, 0) is 23.8 Å². The molecule has 0 spiro atoms. The maximum atomic E-state index is 12.1. The number of ether oxygens (including phenoxy) is 1. The third kappa shape index (κ3) is 4.94. The van der Waals surface area contributed by atoms with Crippen LogP contribution < -0.4 is 0 Å². The van der Waals surface area contributed by atoms with Gasteiger partial charge in [-0.25, -0.2) is 4.79 Å². The molecule has 0 aliphatic carbocycles. The molecule has 0 rings (SSSR count). The Balaban J connectivity index is 5.15. The molecule has 0 N–H and O–H groups in total. The monoisotopic (exact) mass is 290 g/mol. The van der Waals surface area contributed by atoms with Gasteiger partial charge < -0.3 is 8.92 Å². The molecule has 0 fully saturated rings. The van der Waals surface area contributed by atoms with E-state index in [2.05, 4.69) is 8.92 Å². The zero-order valence-electron chi connectivity index (χ0n) is 9.95. The molecule has 0 aromatic carbocycles. The molecule has 0 saturated carbocycles. The molecular formula is C9H13F3O5S. The van der Waals surface area contributed by atoms with Gasteiger partial charge in [0.05, 0.1) is 12.7 Å². The minimum Gasteiger partial charge on any atom is -0.463 e. The second-order valence-electron chi connectivity index (χ2n) is 3.44. The minimum atomic E-state index is -5.78. The highest BCUT2D eigenvalue weighted by Gasteiger charge is 2.49. The van der Waals surface area contributed by atoms with Crippen molar-refractivity contribution in [3.8, 4) is 0 Å². The Bertz CT molecular complexity index is 422. The SMILES string of the molecule is CCOC(=O)/C=C(\OS(=O)(=O)C(F)(F)F)C(C)C. The molecule has 18 heavy (non-hydrogen) atoms. The van der Waals surface area contributed by atoms with E-state index in [4.69, 9.17) is 0 Å². The van der Waals surface area contributed by atoms with Crippen LogP contribution in [0.5, 0.6) is 0 Å². The Morgan fingerprint density at radius 1 is 1.33 bits per heavy atom. The number of carbonyl (C=O) groups excluding carboxylic acids is 1. The van der Waals surface area contributed by atoms with Crippen molar-refractivity contribution in [1.29, 1.82) is 0 Å². The smallest absolute Gasteiger partial charge is 0.463 e. The summed E-state index contributed by atoms with van der Waals surface area (Å²) in [5, 5.41) is 0. The van der Waals surface area contributed by atoms with Crippen LogP contribution in [0.3, 0.4) is 0 Å². The third-order valence-electron chi connectivity index (χ3n) is 1.61. The summed E-state index contributed by atoms with van der Waals surface area (Å²) in [6, 6.07) is 0. The van der Waals surface area contributed by atoms with E-state index in [9.17, 15) is 26.4 Å². The third-order valence-corrected chi connectivity index (χ3v) is 2.58. The van der Waals surface area contributed by atoms with Gasteiger partial charge in [-0.3, -0.25) is 0 Å². The van der Waals surface area contributed by atoms with Crippen LogP contribution in [0.4, 0.5) is 13.2 Å². The summed E-state index contributed by atoms with van der Waals surface area (Å²) in [7, 11) is -5.78. The molecular weight excluding hydrogens is 277 g/mol. The van der Waals surface area contributed by atoms with E-state index in [1.165, 1.54) is 20.8 Å². The molecule has 0 unspecified atom stereocenters. The minimum absolute atomic E-state index is 0.00668. The molecule has 0 heterocycles. The van der Waals surface area contributed by atoms with E-state index in [0.717, 1.165) is 0 Å².